The molecule has 2 heteroatoms. The number of rotatable bonds is 0. The van der Waals surface area contributed by atoms with Gasteiger partial charge in [-0.05, 0) is 19.4 Å². The molecule has 0 saturated carbocycles. The third-order valence-electron chi connectivity index (χ3n) is 1.99. The van der Waals surface area contributed by atoms with Crippen molar-refractivity contribution in [3.8, 4) is 0 Å². The number of hydrogen-bond donors (Lipinski definition) is 0. The van der Waals surface area contributed by atoms with Gasteiger partial charge in [0.1, 0.15) is 0 Å². The zero-order valence-electron chi connectivity index (χ0n) is 6.53. The van der Waals surface area contributed by atoms with E-state index in [0.717, 1.165) is 0 Å². The normalized spacial score (nSPS) is 10.0. The summed E-state index contributed by atoms with van der Waals surface area (Å²) in [5.74, 6) is 0. The van der Waals surface area contributed by atoms with Gasteiger partial charge in [0.05, 0.1) is 0 Å². The maximum absolute atomic E-state index is 3.51. The number of aryl methyl sites for hydroxylation is 1. The topological polar surface area (TPSA) is 0 Å². The summed E-state index contributed by atoms with van der Waals surface area (Å²) in [6.45, 7) is 6.73. The van der Waals surface area contributed by atoms with E-state index in [9.17, 15) is 0 Å². The molecule has 0 spiro atoms. The Morgan fingerprint density at radius 1 is 1.40 bits per heavy atom. The maximum atomic E-state index is 3.51. The zero-order chi connectivity index (χ0) is 7.72. The molecule has 0 aliphatic carbocycles. The van der Waals surface area contributed by atoms with Gasteiger partial charge in [0.15, 0.2) is 0 Å². The van der Waals surface area contributed by atoms with Crippen molar-refractivity contribution < 1.29 is 0 Å². The summed E-state index contributed by atoms with van der Waals surface area (Å²) in [7, 11) is -0.304. The molecule has 54 valence electrons. The summed E-state index contributed by atoms with van der Waals surface area (Å²) >= 11 is 3.51. The van der Waals surface area contributed by atoms with Crippen molar-refractivity contribution in [3.05, 3.63) is 27.0 Å². The Labute approximate surface area is 71.9 Å². The Balaban J connectivity index is 3.34. The van der Waals surface area contributed by atoms with Crippen molar-refractivity contribution >= 4 is 24.3 Å². The Bertz CT molecular complexity index is 229. The first-order chi connectivity index (χ1) is 4.63. The molecule has 1 rings (SSSR count). The first-order valence-electron chi connectivity index (χ1n) is 3.35. The molecule has 10 heavy (non-hydrogen) atoms. The smallest absolute Gasteiger partial charge is 0.0372 e. The second-order valence-electron chi connectivity index (χ2n) is 2.61. The van der Waals surface area contributed by atoms with E-state index >= 15 is 0 Å². The van der Waals surface area contributed by atoms with Crippen LogP contribution >= 0.6 is 15.9 Å². The van der Waals surface area contributed by atoms with Gasteiger partial charge in [-0.1, -0.05) is 39.4 Å². The fraction of sp³-hybridized carbons (Fsp3) is 0.375. The molecule has 0 nitrogen and oxygen atoms in total. The predicted octanol–water partition coefficient (Wildman–Crippen LogP) is 2.63. The molecule has 1 heterocycles. The van der Waals surface area contributed by atoms with Crippen molar-refractivity contribution in [2.75, 3.05) is 0 Å². The summed E-state index contributed by atoms with van der Waals surface area (Å²) in [6.07, 6.45) is 0. The van der Waals surface area contributed by atoms with E-state index < -0.39 is 0 Å². The first-order valence-corrected chi connectivity index (χ1v) is 6.22. The van der Waals surface area contributed by atoms with Crippen LogP contribution in [0.5, 0.6) is 0 Å². The first kappa shape index (κ1) is 8.15. The van der Waals surface area contributed by atoms with Crippen LogP contribution in [0.4, 0.5) is 0 Å². The quantitative estimate of drug-likeness (QED) is 0.583. The summed E-state index contributed by atoms with van der Waals surface area (Å²) < 4.78 is 1.25. The molecule has 0 radical (unpaired) electrons. The monoisotopic (exact) mass is 214 g/mol. The highest BCUT2D eigenvalue weighted by atomic mass is 79.9. The van der Waals surface area contributed by atoms with E-state index in [0.29, 0.717) is 0 Å². The lowest BCUT2D eigenvalue weighted by Gasteiger charge is -2.04. The standard InChI is InChI=1S/C8H11BrSi/c1-6-7(2)10(3)5-4-8(6)9/h4-5H,1-3H3. The van der Waals surface area contributed by atoms with Gasteiger partial charge in [-0.15, -0.1) is 0 Å². The van der Waals surface area contributed by atoms with E-state index in [2.05, 4.69) is 48.1 Å². The second-order valence-corrected chi connectivity index (χ2v) is 5.92. The molecule has 0 amide bonds. The van der Waals surface area contributed by atoms with Gasteiger partial charge in [0.2, 0.25) is 0 Å². The van der Waals surface area contributed by atoms with E-state index in [1.165, 1.54) is 10.0 Å². The predicted molar refractivity (Wildman–Crippen MR) is 50.5 cm³/mol. The average molecular weight is 215 g/mol. The van der Waals surface area contributed by atoms with Crippen LogP contribution in [0.15, 0.2) is 16.2 Å². The minimum Gasteiger partial charge on any atom is -0.0767 e. The SMILES string of the molecule is Cc1c(Br)cc[si](C)c1C. The van der Waals surface area contributed by atoms with Crippen molar-refractivity contribution in [2.45, 2.75) is 13.8 Å². The number of hydrogen-bond acceptors (Lipinski definition) is 0. The second kappa shape index (κ2) is 2.97. The maximum Gasteiger partial charge on any atom is 0.0372 e. The summed E-state index contributed by atoms with van der Waals surface area (Å²) in [5.41, 5.74) is 3.75. The molecular formula is C8H11BrSi. The minimum absolute atomic E-state index is 0.304. The van der Waals surface area contributed by atoms with Gasteiger partial charge in [-0.3, -0.25) is 0 Å². The van der Waals surface area contributed by atoms with Crippen LogP contribution in [0.2, 0.25) is 0 Å². The molecule has 0 bridgehead atoms. The summed E-state index contributed by atoms with van der Waals surface area (Å²) in [5, 5.41) is 1.57. The molecule has 0 N–H and O–H groups in total. The lowest BCUT2D eigenvalue weighted by atomic mass is 10.3. The van der Waals surface area contributed by atoms with Gasteiger partial charge >= 0.3 is 0 Å². The summed E-state index contributed by atoms with van der Waals surface area (Å²) in [6, 6.07) is 2.18. The van der Waals surface area contributed by atoms with Crippen LogP contribution in [0.1, 0.15) is 10.7 Å². The van der Waals surface area contributed by atoms with Crippen molar-refractivity contribution in [1.82, 2.24) is 0 Å². The van der Waals surface area contributed by atoms with Gasteiger partial charge in [0, 0.05) is 12.9 Å². The van der Waals surface area contributed by atoms with Crippen LogP contribution in [0.25, 0.3) is 0 Å². The highest BCUT2D eigenvalue weighted by Crippen LogP contribution is 2.17. The number of halogens is 1. The van der Waals surface area contributed by atoms with Crippen LogP contribution in [0.3, 0.4) is 0 Å². The molecule has 0 unspecified atom stereocenters. The van der Waals surface area contributed by atoms with E-state index in [1.54, 1.807) is 5.17 Å². The molecule has 1 aromatic heterocycles. The lowest BCUT2D eigenvalue weighted by molar-refractivity contribution is 1.37. The average Bonchev–Trinajstić information content (AvgIpc) is 1.93. The molecule has 0 aromatic carbocycles. The molecule has 0 aliphatic rings. The van der Waals surface area contributed by atoms with Gasteiger partial charge < -0.3 is 0 Å². The van der Waals surface area contributed by atoms with Crippen LogP contribution < -0.4 is 0 Å². The van der Waals surface area contributed by atoms with Gasteiger partial charge in [-0.25, -0.2) is 0 Å². The highest BCUT2D eigenvalue weighted by molar-refractivity contribution is 9.10. The molecule has 0 atom stereocenters. The third kappa shape index (κ3) is 1.38. The Kier molecular flexibility index (Phi) is 2.42. The van der Waals surface area contributed by atoms with Gasteiger partial charge in [-0.2, -0.15) is 0 Å². The van der Waals surface area contributed by atoms with E-state index in [-0.39, 0.29) is 8.40 Å². The zero-order valence-corrected chi connectivity index (χ0v) is 9.12. The molecule has 0 fully saturated rings. The fourth-order valence-corrected chi connectivity index (χ4v) is 3.17. The highest BCUT2D eigenvalue weighted by Gasteiger charge is 1.99. The molecular weight excluding hydrogens is 204 g/mol. The largest absolute Gasteiger partial charge is 0.0767 e. The molecule has 1 aromatic rings. The van der Waals surface area contributed by atoms with Crippen LogP contribution in [-0.2, 0) is 6.55 Å². The lowest BCUT2D eigenvalue weighted by Crippen LogP contribution is -1.99. The van der Waals surface area contributed by atoms with E-state index in [1.807, 2.05) is 0 Å². The van der Waals surface area contributed by atoms with Crippen LogP contribution in [-0.4, -0.2) is 8.40 Å². The van der Waals surface area contributed by atoms with Crippen molar-refractivity contribution in [2.24, 2.45) is 6.55 Å². The van der Waals surface area contributed by atoms with Crippen molar-refractivity contribution in [1.29, 1.82) is 0 Å². The minimum atomic E-state index is -0.304. The Morgan fingerprint density at radius 3 is 2.50 bits per heavy atom. The molecule has 0 saturated heterocycles. The Hall–Kier alpha value is 0.0469. The van der Waals surface area contributed by atoms with E-state index in [4.69, 9.17) is 0 Å². The molecule has 0 aliphatic heterocycles. The van der Waals surface area contributed by atoms with Crippen LogP contribution in [0, 0.1) is 13.8 Å². The van der Waals surface area contributed by atoms with Crippen molar-refractivity contribution in [3.63, 3.8) is 0 Å². The third-order valence-corrected chi connectivity index (χ3v) is 5.08. The fourth-order valence-electron chi connectivity index (χ4n) is 0.923. The summed E-state index contributed by atoms with van der Waals surface area (Å²) in [4.78, 5) is 0. The Morgan fingerprint density at radius 2 is 2.00 bits per heavy atom. The van der Waals surface area contributed by atoms with Gasteiger partial charge in [0.25, 0.3) is 0 Å².